The zero-order chi connectivity index (χ0) is 18.7. The molecule has 6 heteroatoms. The monoisotopic (exact) mass is 348 g/mol. The van der Waals surface area contributed by atoms with E-state index >= 15 is 0 Å². The quantitative estimate of drug-likeness (QED) is 0.330. The van der Waals surface area contributed by atoms with Gasteiger partial charge in [0, 0.05) is 32.3 Å². The third-order valence-corrected chi connectivity index (χ3v) is 4.43. The van der Waals surface area contributed by atoms with E-state index in [0.29, 0.717) is 12.8 Å². The normalized spacial score (nSPS) is 33.9. The third kappa shape index (κ3) is 4.59. The lowest BCUT2D eigenvalue weighted by atomic mass is 9.85. The molecule has 1 aliphatic heterocycles. The average Bonchev–Trinajstić information content (AvgIpc) is 2.75. The average molecular weight is 348 g/mol. The second kappa shape index (κ2) is 7.68. The van der Waals surface area contributed by atoms with Crippen LogP contribution in [0.5, 0.6) is 0 Å². The molecule has 0 aromatic carbocycles. The van der Waals surface area contributed by atoms with E-state index in [1.54, 1.807) is 6.08 Å². The summed E-state index contributed by atoms with van der Waals surface area (Å²) in [7, 11) is 0. The number of ether oxygens (including phenoxy) is 3. The number of hydrogen-bond acceptors (Lipinski definition) is 6. The van der Waals surface area contributed by atoms with Crippen molar-refractivity contribution < 1.29 is 28.6 Å². The molecule has 0 saturated carbocycles. The molecule has 0 radical (unpaired) electrons. The van der Waals surface area contributed by atoms with E-state index in [1.165, 1.54) is 13.8 Å². The summed E-state index contributed by atoms with van der Waals surface area (Å²) in [6.07, 6.45) is 3.13. The van der Waals surface area contributed by atoms with Gasteiger partial charge >= 0.3 is 17.9 Å². The molecule has 136 valence electrons. The van der Waals surface area contributed by atoms with Crippen LogP contribution in [0.25, 0.3) is 0 Å². The molecule has 0 amide bonds. The van der Waals surface area contributed by atoms with Crippen molar-refractivity contribution in [2.24, 2.45) is 5.92 Å². The van der Waals surface area contributed by atoms with Crippen molar-refractivity contribution in [1.82, 2.24) is 0 Å². The highest BCUT2D eigenvalue weighted by atomic mass is 16.6. The minimum Gasteiger partial charge on any atom is -0.458 e. The lowest BCUT2D eigenvalue weighted by Crippen LogP contribution is -2.33. The van der Waals surface area contributed by atoms with Gasteiger partial charge in [0.15, 0.2) is 0 Å². The Morgan fingerprint density at radius 1 is 1.20 bits per heavy atom. The molecule has 1 fully saturated rings. The summed E-state index contributed by atoms with van der Waals surface area (Å²) in [5.41, 5.74) is 2.04. The van der Waals surface area contributed by atoms with Gasteiger partial charge in [-0.2, -0.15) is 0 Å². The van der Waals surface area contributed by atoms with E-state index in [4.69, 9.17) is 14.2 Å². The maximum Gasteiger partial charge on any atom is 0.334 e. The molecule has 0 aromatic heterocycles. The molecule has 0 unspecified atom stereocenters. The zero-order valence-electron chi connectivity index (χ0n) is 15.0. The molecular weight excluding hydrogens is 324 g/mol. The first kappa shape index (κ1) is 19.0. The van der Waals surface area contributed by atoms with Crippen LogP contribution in [-0.4, -0.2) is 36.2 Å². The van der Waals surface area contributed by atoms with E-state index in [2.05, 4.69) is 6.58 Å². The van der Waals surface area contributed by atoms with Gasteiger partial charge in [-0.1, -0.05) is 18.2 Å². The highest BCUT2D eigenvalue weighted by Crippen LogP contribution is 2.36. The second-order valence-corrected chi connectivity index (χ2v) is 6.57. The number of hydrogen-bond donors (Lipinski definition) is 0. The van der Waals surface area contributed by atoms with Gasteiger partial charge in [-0.15, -0.1) is 0 Å². The van der Waals surface area contributed by atoms with Crippen LogP contribution in [0.15, 0.2) is 35.5 Å². The fourth-order valence-corrected chi connectivity index (χ4v) is 3.23. The minimum atomic E-state index is -0.703. The number of carbonyl (C=O) groups is 3. The highest BCUT2D eigenvalue weighted by molar-refractivity contribution is 5.91. The van der Waals surface area contributed by atoms with Gasteiger partial charge in [0.25, 0.3) is 0 Å². The maximum atomic E-state index is 12.0. The van der Waals surface area contributed by atoms with Crippen LogP contribution in [0.4, 0.5) is 0 Å². The van der Waals surface area contributed by atoms with Crippen LogP contribution >= 0.6 is 0 Å². The van der Waals surface area contributed by atoms with Crippen LogP contribution in [0.1, 0.15) is 40.5 Å². The summed E-state index contributed by atoms with van der Waals surface area (Å²) in [5.74, 6) is -1.78. The SMILES string of the molecule is C=C1C(=O)O[C@H]2C/C(C)=C/C[C@@H](OC(C)=O)/C(C)=C\[C@@H](OC(C)=O)[C@H]12. The molecule has 2 aliphatic rings. The van der Waals surface area contributed by atoms with E-state index < -0.39 is 36.2 Å². The second-order valence-electron chi connectivity index (χ2n) is 6.57. The van der Waals surface area contributed by atoms with Crippen LogP contribution in [0.3, 0.4) is 0 Å². The molecule has 4 atom stereocenters. The van der Waals surface area contributed by atoms with Crippen molar-refractivity contribution in [2.75, 3.05) is 0 Å². The Morgan fingerprint density at radius 2 is 1.84 bits per heavy atom. The molecule has 1 heterocycles. The Labute approximate surface area is 147 Å². The van der Waals surface area contributed by atoms with Gasteiger partial charge in [0.1, 0.15) is 18.3 Å². The van der Waals surface area contributed by atoms with Gasteiger partial charge in [0.2, 0.25) is 0 Å². The first-order valence-corrected chi connectivity index (χ1v) is 8.27. The van der Waals surface area contributed by atoms with E-state index in [0.717, 1.165) is 11.1 Å². The first-order chi connectivity index (χ1) is 11.7. The molecule has 1 saturated heterocycles. The van der Waals surface area contributed by atoms with Crippen LogP contribution in [0, 0.1) is 5.92 Å². The Kier molecular flexibility index (Phi) is 5.82. The molecule has 1 aliphatic carbocycles. The summed E-state index contributed by atoms with van der Waals surface area (Å²) in [6.45, 7) is 10.2. The van der Waals surface area contributed by atoms with Gasteiger partial charge in [0.05, 0.1) is 5.92 Å². The summed E-state index contributed by atoms with van der Waals surface area (Å²) >= 11 is 0. The number of rotatable bonds is 2. The molecule has 0 N–H and O–H groups in total. The number of fused-ring (bicyclic) bond motifs is 1. The predicted molar refractivity (Wildman–Crippen MR) is 90.4 cm³/mol. The van der Waals surface area contributed by atoms with Gasteiger partial charge in [-0.05, 0) is 25.5 Å². The minimum absolute atomic E-state index is 0.290. The van der Waals surface area contributed by atoms with Crippen molar-refractivity contribution in [1.29, 1.82) is 0 Å². The molecule has 0 spiro atoms. The van der Waals surface area contributed by atoms with E-state index in [9.17, 15) is 14.4 Å². The predicted octanol–water partition coefficient (Wildman–Crippen LogP) is 2.63. The van der Waals surface area contributed by atoms with Gasteiger partial charge < -0.3 is 14.2 Å². The molecule has 0 bridgehead atoms. The van der Waals surface area contributed by atoms with Crippen molar-refractivity contribution >= 4 is 17.9 Å². The topological polar surface area (TPSA) is 78.9 Å². The fourth-order valence-electron chi connectivity index (χ4n) is 3.23. The van der Waals surface area contributed by atoms with E-state index in [-0.39, 0.29) is 11.5 Å². The smallest absolute Gasteiger partial charge is 0.334 e. The molecule has 6 nitrogen and oxygen atoms in total. The Morgan fingerprint density at radius 3 is 2.44 bits per heavy atom. The zero-order valence-corrected chi connectivity index (χ0v) is 15.0. The Balaban J connectivity index is 2.46. The van der Waals surface area contributed by atoms with Gasteiger partial charge in [-0.3, -0.25) is 9.59 Å². The van der Waals surface area contributed by atoms with Crippen LogP contribution in [0.2, 0.25) is 0 Å². The number of esters is 3. The standard InChI is InChI=1S/C19H24O6/c1-10-6-7-15(23-13(4)20)11(2)9-17(24-14(5)21)18-12(3)19(22)25-16(18)8-10/h6,9,15-18H,3,7-8H2,1-2,4-5H3/b10-6+,11-9-/t15-,16+,17-,18-/m1/s1. The largest absolute Gasteiger partial charge is 0.458 e. The first-order valence-electron chi connectivity index (χ1n) is 8.27. The summed E-state index contributed by atoms with van der Waals surface area (Å²) < 4.78 is 16.3. The molecule has 2 rings (SSSR count). The van der Waals surface area contributed by atoms with Crippen molar-refractivity contribution in [3.05, 3.63) is 35.5 Å². The summed E-state index contributed by atoms with van der Waals surface area (Å²) in [4.78, 5) is 35.0. The van der Waals surface area contributed by atoms with Crippen molar-refractivity contribution in [2.45, 2.75) is 58.8 Å². The van der Waals surface area contributed by atoms with E-state index in [1.807, 2.05) is 19.9 Å². The lowest BCUT2D eigenvalue weighted by molar-refractivity contribution is -0.148. The number of carbonyl (C=O) groups excluding carboxylic acids is 3. The molecular formula is C19H24O6. The van der Waals surface area contributed by atoms with Crippen molar-refractivity contribution in [3.8, 4) is 0 Å². The van der Waals surface area contributed by atoms with Crippen LogP contribution < -0.4 is 0 Å². The van der Waals surface area contributed by atoms with Crippen LogP contribution in [-0.2, 0) is 28.6 Å². The highest BCUT2D eigenvalue weighted by Gasteiger charge is 2.44. The Bertz CT molecular complexity index is 657. The molecule has 25 heavy (non-hydrogen) atoms. The van der Waals surface area contributed by atoms with Crippen molar-refractivity contribution in [3.63, 3.8) is 0 Å². The summed E-state index contributed by atoms with van der Waals surface area (Å²) in [5, 5.41) is 0. The molecule has 0 aromatic rings. The third-order valence-electron chi connectivity index (χ3n) is 4.43. The van der Waals surface area contributed by atoms with Gasteiger partial charge in [-0.25, -0.2) is 4.79 Å². The Hall–Kier alpha value is -2.37. The summed E-state index contributed by atoms with van der Waals surface area (Å²) in [6, 6.07) is 0. The fraction of sp³-hybridized carbons (Fsp3) is 0.526. The lowest BCUT2D eigenvalue weighted by Gasteiger charge is -2.27. The maximum absolute atomic E-state index is 12.0.